The van der Waals surface area contributed by atoms with Crippen LogP contribution < -0.4 is 15.0 Å². The van der Waals surface area contributed by atoms with Gasteiger partial charge in [0.25, 0.3) is 5.91 Å². The molecule has 3 aromatic rings. The Hall–Kier alpha value is -3.93. The SMILES string of the molecule is CCNC(=O)c1cc(OC)c2c(nc(-c3ccc(N4CCC[C@@H]4C)nc3)n2C[C@@H]2CN(C(=O)O)CCO2)c1F. The molecule has 2 aliphatic heterocycles. The van der Waals surface area contributed by atoms with Crippen molar-refractivity contribution in [2.75, 3.05) is 44.8 Å². The summed E-state index contributed by atoms with van der Waals surface area (Å²) in [7, 11) is 1.45. The summed E-state index contributed by atoms with van der Waals surface area (Å²) in [6, 6.07) is 5.59. The van der Waals surface area contributed by atoms with Crippen molar-refractivity contribution >= 4 is 28.9 Å². The van der Waals surface area contributed by atoms with E-state index in [-0.39, 0.29) is 43.1 Å². The van der Waals surface area contributed by atoms with Crippen molar-refractivity contribution in [2.45, 2.75) is 45.4 Å². The number of rotatable bonds is 7. The normalized spacial score (nSPS) is 19.5. The van der Waals surface area contributed by atoms with Crippen molar-refractivity contribution in [3.05, 3.63) is 35.8 Å². The number of nitrogens with zero attached hydrogens (tertiary/aromatic N) is 5. The smallest absolute Gasteiger partial charge is 0.407 e. The number of halogens is 1. The van der Waals surface area contributed by atoms with E-state index in [0.717, 1.165) is 25.2 Å². The number of amides is 2. The van der Waals surface area contributed by atoms with Crippen molar-refractivity contribution in [1.29, 1.82) is 0 Å². The molecule has 0 unspecified atom stereocenters. The first kappa shape index (κ1) is 26.7. The lowest BCUT2D eigenvalue weighted by molar-refractivity contribution is -0.0286. The fourth-order valence-electron chi connectivity index (χ4n) is 5.39. The molecule has 4 heterocycles. The van der Waals surface area contributed by atoms with Gasteiger partial charge in [0.2, 0.25) is 0 Å². The van der Waals surface area contributed by atoms with Crippen LogP contribution in [0.15, 0.2) is 24.4 Å². The van der Waals surface area contributed by atoms with E-state index >= 15 is 4.39 Å². The predicted octanol–water partition coefficient (Wildman–Crippen LogP) is 3.36. The van der Waals surface area contributed by atoms with Gasteiger partial charge in [0.15, 0.2) is 5.82 Å². The van der Waals surface area contributed by atoms with Crippen molar-refractivity contribution in [2.24, 2.45) is 0 Å². The van der Waals surface area contributed by atoms with Gasteiger partial charge < -0.3 is 34.3 Å². The van der Waals surface area contributed by atoms with Gasteiger partial charge in [-0.15, -0.1) is 0 Å². The van der Waals surface area contributed by atoms with Crippen LogP contribution >= 0.6 is 0 Å². The van der Waals surface area contributed by atoms with Gasteiger partial charge in [-0.2, -0.15) is 0 Å². The number of morpholine rings is 1. The summed E-state index contributed by atoms with van der Waals surface area (Å²) in [6.45, 7) is 6.07. The highest BCUT2D eigenvalue weighted by molar-refractivity contribution is 6.00. The van der Waals surface area contributed by atoms with Gasteiger partial charge in [0.05, 0.1) is 38.5 Å². The average molecular weight is 541 g/mol. The molecule has 2 aliphatic rings. The molecule has 2 N–H and O–H groups in total. The van der Waals surface area contributed by atoms with Crippen LogP contribution in [0.3, 0.4) is 0 Å². The zero-order valence-electron chi connectivity index (χ0n) is 22.3. The second kappa shape index (κ2) is 11.0. The van der Waals surface area contributed by atoms with E-state index in [4.69, 9.17) is 9.47 Å². The van der Waals surface area contributed by atoms with Gasteiger partial charge in [-0.25, -0.2) is 19.2 Å². The van der Waals surface area contributed by atoms with Crippen LogP contribution in [0.1, 0.15) is 37.0 Å². The van der Waals surface area contributed by atoms with E-state index in [2.05, 4.69) is 27.1 Å². The van der Waals surface area contributed by atoms with Crippen molar-refractivity contribution in [1.82, 2.24) is 24.8 Å². The number of hydrogen-bond donors (Lipinski definition) is 2. The molecule has 12 heteroatoms. The fraction of sp³-hybridized carbons (Fsp3) is 0.481. The third-order valence-corrected chi connectivity index (χ3v) is 7.37. The first-order valence-electron chi connectivity index (χ1n) is 13.2. The molecule has 1 aromatic carbocycles. The quantitative estimate of drug-likeness (QED) is 0.468. The lowest BCUT2D eigenvalue weighted by Crippen LogP contribution is -2.46. The van der Waals surface area contributed by atoms with Crippen LogP contribution in [-0.4, -0.2) is 88.6 Å². The van der Waals surface area contributed by atoms with Crippen LogP contribution in [0.25, 0.3) is 22.4 Å². The molecule has 2 saturated heterocycles. The molecule has 2 atom stereocenters. The van der Waals surface area contributed by atoms with Gasteiger partial charge in [0.1, 0.15) is 28.4 Å². The predicted molar refractivity (Wildman–Crippen MR) is 143 cm³/mol. The Morgan fingerprint density at radius 2 is 2.13 bits per heavy atom. The second-order valence-corrected chi connectivity index (χ2v) is 9.85. The minimum atomic E-state index is -1.02. The molecule has 0 radical (unpaired) electrons. The molecular formula is C27H33FN6O5. The average Bonchev–Trinajstić information content (AvgIpc) is 3.53. The molecule has 0 saturated carbocycles. The molecule has 11 nitrogen and oxygen atoms in total. The molecule has 2 fully saturated rings. The summed E-state index contributed by atoms with van der Waals surface area (Å²) in [6.07, 6.45) is 2.41. The van der Waals surface area contributed by atoms with Gasteiger partial charge in [-0.1, -0.05) is 0 Å². The van der Waals surface area contributed by atoms with Crippen molar-refractivity contribution in [3.63, 3.8) is 0 Å². The summed E-state index contributed by atoms with van der Waals surface area (Å²) in [4.78, 5) is 37.1. The van der Waals surface area contributed by atoms with Crippen LogP contribution in [0.5, 0.6) is 5.75 Å². The first-order valence-corrected chi connectivity index (χ1v) is 13.2. The number of imidazole rings is 1. The number of aromatic nitrogens is 3. The number of anilines is 1. The molecule has 0 bridgehead atoms. The Bertz CT molecular complexity index is 1380. The third kappa shape index (κ3) is 5.08. The van der Waals surface area contributed by atoms with Crippen LogP contribution in [0, 0.1) is 5.82 Å². The fourth-order valence-corrected chi connectivity index (χ4v) is 5.39. The standard InChI is InChI=1S/C27H33FN6O5/c1-4-29-26(35)19-12-20(38-3)24-23(22(19)28)31-25(34(24)15-18-14-32(27(36)37)10-11-39-18)17-7-8-21(30-13-17)33-9-5-6-16(33)2/h7-8,12-13,16,18H,4-6,9-11,14-15H2,1-3H3,(H,29,35)(H,36,37)/t16-,18-/m0/s1. The van der Waals surface area contributed by atoms with Crippen LogP contribution in [0.2, 0.25) is 0 Å². The number of ether oxygens (including phenoxy) is 2. The summed E-state index contributed by atoms with van der Waals surface area (Å²) in [5.41, 5.74) is 0.814. The lowest BCUT2D eigenvalue weighted by Gasteiger charge is -2.31. The number of carbonyl (C=O) groups excluding carboxylic acids is 1. The third-order valence-electron chi connectivity index (χ3n) is 7.37. The Kier molecular flexibility index (Phi) is 7.56. The number of carbonyl (C=O) groups is 2. The van der Waals surface area contributed by atoms with Crippen LogP contribution in [0.4, 0.5) is 15.0 Å². The lowest BCUT2D eigenvalue weighted by atomic mass is 10.1. The summed E-state index contributed by atoms with van der Waals surface area (Å²) in [5, 5.41) is 12.1. The van der Waals surface area contributed by atoms with E-state index in [0.29, 0.717) is 29.5 Å². The van der Waals surface area contributed by atoms with E-state index in [1.54, 1.807) is 17.7 Å². The topological polar surface area (TPSA) is 122 Å². The maximum atomic E-state index is 15.8. The van der Waals surface area contributed by atoms with Gasteiger partial charge in [0, 0.05) is 37.4 Å². The monoisotopic (exact) mass is 540 g/mol. The maximum Gasteiger partial charge on any atom is 0.407 e. The van der Waals surface area contributed by atoms with Gasteiger partial charge >= 0.3 is 6.09 Å². The number of methoxy groups -OCH3 is 1. The molecule has 2 amide bonds. The number of pyridine rings is 1. The van der Waals surface area contributed by atoms with E-state index in [9.17, 15) is 14.7 Å². The highest BCUT2D eigenvalue weighted by Crippen LogP contribution is 2.36. The summed E-state index contributed by atoms with van der Waals surface area (Å²) in [5.74, 6) is 0.225. The highest BCUT2D eigenvalue weighted by atomic mass is 19.1. The minimum absolute atomic E-state index is 0.0197. The summed E-state index contributed by atoms with van der Waals surface area (Å²) < 4.78 is 29.1. The Balaban J connectivity index is 1.62. The Morgan fingerprint density at radius 1 is 1.31 bits per heavy atom. The minimum Gasteiger partial charge on any atom is -0.494 e. The number of hydrogen-bond acceptors (Lipinski definition) is 7. The first-order chi connectivity index (χ1) is 18.8. The number of fused-ring (bicyclic) bond motifs is 1. The van der Waals surface area contributed by atoms with E-state index in [1.165, 1.54) is 18.1 Å². The molecule has 208 valence electrons. The molecule has 39 heavy (non-hydrogen) atoms. The molecule has 0 spiro atoms. The molecule has 5 rings (SSSR count). The summed E-state index contributed by atoms with van der Waals surface area (Å²) >= 11 is 0. The second-order valence-electron chi connectivity index (χ2n) is 9.85. The molecule has 0 aliphatic carbocycles. The number of benzene rings is 1. The van der Waals surface area contributed by atoms with Crippen molar-refractivity contribution in [3.8, 4) is 17.1 Å². The van der Waals surface area contributed by atoms with Gasteiger partial charge in [-0.05, 0) is 44.9 Å². The number of carboxylic acid groups (broad SMARTS) is 1. The zero-order chi connectivity index (χ0) is 27.7. The molecule has 2 aromatic heterocycles. The number of nitrogens with one attached hydrogen (secondary N) is 1. The molecular weight excluding hydrogens is 507 g/mol. The van der Waals surface area contributed by atoms with Gasteiger partial charge in [-0.3, -0.25) is 4.79 Å². The van der Waals surface area contributed by atoms with E-state index in [1.807, 2.05) is 12.1 Å². The van der Waals surface area contributed by atoms with Crippen LogP contribution in [-0.2, 0) is 11.3 Å². The zero-order valence-corrected chi connectivity index (χ0v) is 22.3. The largest absolute Gasteiger partial charge is 0.494 e. The highest BCUT2D eigenvalue weighted by Gasteiger charge is 2.30. The Morgan fingerprint density at radius 3 is 2.77 bits per heavy atom. The Labute approximate surface area is 225 Å². The van der Waals surface area contributed by atoms with E-state index < -0.39 is 23.9 Å². The maximum absolute atomic E-state index is 15.8. The van der Waals surface area contributed by atoms with Crippen molar-refractivity contribution < 1.29 is 28.6 Å².